The molecule has 2 aliphatic heterocycles. The van der Waals surface area contributed by atoms with Gasteiger partial charge in [-0.2, -0.15) is 0 Å². The lowest BCUT2D eigenvalue weighted by Crippen LogP contribution is -2.59. The molecule has 3 heteroatoms. The van der Waals surface area contributed by atoms with Gasteiger partial charge in [0.05, 0.1) is 0 Å². The fourth-order valence-electron chi connectivity index (χ4n) is 5.59. The van der Waals surface area contributed by atoms with Gasteiger partial charge in [-0.3, -0.25) is 0 Å². The molecule has 0 saturated carbocycles. The third-order valence-corrected chi connectivity index (χ3v) is 7.25. The van der Waals surface area contributed by atoms with Crippen LogP contribution in [0.2, 0.25) is 0 Å². The fraction of sp³-hybridized carbons (Fsp3) is 0.0625. The van der Waals surface area contributed by atoms with Gasteiger partial charge in [-0.15, -0.1) is 0 Å². The number of hydrogen-bond donors (Lipinski definition) is 0. The van der Waals surface area contributed by atoms with Crippen LogP contribution >= 0.6 is 0 Å². The third kappa shape index (κ3) is 3.12. The summed E-state index contributed by atoms with van der Waals surface area (Å²) < 4.78 is 6.54. The lowest BCUT2D eigenvalue weighted by atomic mass is 9.34. The summed E-state index contributed by atoms with van der Waals surface area (Å²) in [4.78, 5) is 2.39. The maximum Gasteiger partial charge on any atom is 0.256 e. The monoisotopic (exact) mass is 449 g/mol. The van der Waals surface area contributed by atoms with Crippen molar-refractivity contribution in [1.82, 2.24) is 0 Å². The Morgan fingerprint density at radius 3 is 2.20 bits per heavy atom. The Hall–Kier alpha value is -4.24. The quantitative estimate of drug-likeness (QED) is 0.284. The molecule has 0 N–H and O–H groups in total. The molecule has 5 aromatic carbocycles. The van der Waals surface area contributed by atoms with E-state index in [1.807, 2.05) is 0 Å². The molecule has 0 radical (unpaired) electrons. The van der Waals surface area contributed by atoms with E-state index in [1.54, 1.807) is 0 Å². The van der Waals surface area contributed by atoms with E-state index in [0.717, 1.165) is 17.2 Å². The normalized spacial score (nSPS) is 13.0. The topological polar surface area (TPSA) is 12.5 Å². The van der Waals surface area contributed by atoms with Crippen LogP contribution in [0.3, 0.4) is 0 Å². The van der Waals surface area contributed by atoms with Crippen molar-refractivity contribution in [3.8, 4) is 22.6 Å². The fourth-order valence-corrected chi connectivity index (χ4v) is 5.59. The first-order valence-electron chi connectivity index (χ1n) is 12.1. The predicted octanol–water partition coefficient (Wildman–Crippen LogP) is 6.38. The summed E-state index contributed by atoms with van der Waals surface area (Å²) in [6, 6.07) is 39.3. The van der Waals surface area contributed by atoms with E-state index >= 15 is 0 Å². The summed E-state index contributed by atoms with van der Waals surface area (Å²) >= 11 is 0. The van der Waals surface area contributed by atoms with E-state index < -0.39 is 0 Å². The maximum atomic E-state index is 6.54. The summed E-state index contributed by atoms with van der Waals surface area (Å²) in [5.74, 6) is 1.88. The number of rotatable bonds is 2. The first-order chi connectivity index (χ1) is 17.2. The Morgan fingerprint density at radius 2 is 1.37 bits per heavy atom. The zero-order valence-electron chi connectivity index (χ0n) is 19.8. The van der Waals surface area contributed by atoms with E-state index in [9.17, 15) is 0 Å². The van der Waals surface area contributed by atoms with Gasteiger partial charge in [-0.05, 0) is 77.8 Å². The number of fused-ring (bicyclic) bond motifs is 4. The standard InChI is InChI=1S/C32H24BNO/c1-21-11-15-25(16-12-21)34-28-17-13-22(2)19-26(28)33-27-20-24(23-7-4-3-5-8-23)14-18-30(27)35-31-10-6-9-29(34)32(31)33/h3-20H,1-2H3. The van der Waals surface area contributed by atoms with Gasteiger partial charge in [0.25, 0.3) is 6.71 Å². The van der Waals surface area contributed by atoms with Crippen LogP contribution < -0.4 is 26.0 Å². The highest BCUT2D eigenvalue weighted by molar-refractivity contribution is 6.99. The maximum absolute atomic E-state index is 6.54. The molecule has 0 aliphatic carbocycles. The van der Waals surface area contributed by atoms with Gasteiger partial charge in [0.15, 0.2) is 0 Å². The Bertz CT molecular complexity index is 1590. The van der Waals surface area contributed by atoms with Crippen molar-refractivity contribution < 1.29 is 4.74 Å². The molecule has 0 bridgehead atoms. The number of hydrogen-bond acceptors (Lipinski definition) is 2. The molecule has 0 atom stereocenters. The summed E-state index contributed by atoms with van der Waals surface area (Å²) in [5.41, 5.74) is 12.3. The molecule has 7 rings (SSSR count). The van der Waals surface area contributed by atoms with Crippen molar-refractivity contribution in [1.29, 1.82) is 0 Å². The highest BCUT2D eigenvalue weighted by atomic mass is 16.5. The number of anilines is 3. The van der Waals surface area contributed by atoms with Gasteiger partial charge in [0.1, 0.15) is 11.5 Å². The summed E-state index contributed by atoms with van der Waals surface area (Å²) in [7, 11) is 0. The third-order valence-electron chi connectivity index (χ3n) is 7.25. The largest absolute Gasteiger partial charge is 0.458 e. The molecule has 0 unspecified atom stereocenters. The van der Waals surface area contributed by atoms with Crippen molar-refractivity contribution in [2.24, 2.45) is 0 Å². The van der Waals surface area contributed by atoms with Crippen molar-refractivity contribution in [2.75, 3.05) is 4.90 Å². The van der Waals surface area contributed by atoms with Crippen LogP contribution in [0.1, 0.15) is 11.1 Å². The molecule has 0 aromatic heterocycles. The van der Waals surface area contributed by atoms with Gasteiger partial charge in [-0.1, -0.05) is 83.9 Å². The van der Waals surface area contributed by atoms with Crippen LogP contribution in [-0.4, -0.2) is 6.71 Å². The molecule has 0 saturated heterocycles. The Kier molecular flexibility index (Phi) is 4.40. The van der Waals surface area contributed by atoms with E-state index in [0.29, 0.717) is 0 Å². The average Bonchev–Trinajstić information content (AvgIpc) is 2.89. The molecule has 35 heavy (non-hydrogen) atoms. The van der Waals surface area contributed by atoms with Gasteiger partial charge in [0, 0.05) is 17.1 Å². The average molecular weight is 449 g/mol. The zero-order chi connectivity index (χ0) is 23.5. The summed E-state index contributed by atoms with van der Waals surface area (Å²) in [6.45, 7) is 4.43. The SMILES string of the molecule is Cc1ccc(N2c3ccc(C)cc3B3c4cc(-c5ccccc5)ccc4Oc4cccc2c43)cc1. The molecule has 0 spiro atoms. The summed E-state index contributed by atoms with van der Waals surface area (Å²) in [5, 5.41) is 0. The van der Waals surface area contributed by atoms with Gasteiger partial charge in [-0.25, -0.2) is 0 Å². The molecule has 2 aliphatic rings. The van der Waals surface area contributed by atoms with E-state index in [4.69, 9.17) is 4.74 Å². The van der Waals surface area contributed by atoms with Crippen molar-refractivity contribution in [3.05, 3.63) is 120 Å². The van der Waals surface area contributed by atoms with E-state index in [1.165, 1.54) is 50.0 Å². The number of aryl methyl sites for hydroxylation is 2. The number of nitrogens with zero attached hydrogens (tertiary/aromatic N) is 1. The Labute approximate surface area is 206 Å². The first-order valence-corrected chi connectivity index (χ1v) is 12.1. The molecular formula is C32H24BNO. The van der Waals surface area contributed by atoms with Gasteiger partial charge in [0.2, 0.25) is 0 Å². The highest BCUT2D eigenvalue weighted by Crippen LogP contribution is 2.40. The van der Waals surface area contributed by atoms with Crippen LogP contribution in [0, 0.1) is 13.8 Å². The minimum Gasteiger partial charge on any atom is -0.458 e. The Morgan fingerprint density at radius 1 is 0.571 bits per heavy atom. The number of ether oxygens (including phenoxy) is 1. The molecule has 0 fully saturated rings. The molecular weight excluding hydrogens is 425 g/mol. The lowest BCUT2D eigenvalue weighted by molar-refractivity contribution is 0.487. The van der Waals surface area contributed by atoms with Crippen LogP contribution in [0.4, 0.5) is 17.1 Å². The molecule has 2 nitrogen and oxygen atoms in total. The minimum atomic E-state index is 0.116. The van der Waals surface area contributed by atoms with Crippen molar-refractivity contribution >= 4 is 40.2 Å². The Balaban J connectivity index is 1.50. The summed E-state index contributed by atoms with van der Waals surface area (Å²) in [6.07, 6.45) is 0. The van der Waals surface area contributed by atoms with Crippen LogP contribution in [0.25, 0.3) is 11.1 Å². The molecule has 2 heterocycles. The van der Waals surface area contributed by atoms with Crippen LogP contribution in [-0.2, 0) is 0 Å². The second-order valence-corrected chi connectivity index (χ2v) is 9.58. The molecule has 0 amide bonds. The lowest BCUT2D eigenvalue weighted by Gasteiger charge is -2.40. The second kappa shape index (κ2) is 7.64. The number of benzene rings is 5. The van der Waals surface area contributed by atoms with Crippen molar-refractivity contribution in [2.45, 2.75) is 13.8 Å². The van der Waals surface area contributed by atoms with Gasteiger partial charge >= 0.3 is 0 Å². The smallest absolute Gasteiger partial charge is 0.256 e. The molecule has 5 aromatic rings. The van der Waals surface area contributed by atoms with Crippen LogP contribution in [0.5, 0.6) is 11.5 Å². The second-order valence-electron chi connectivity index (χ2n) is 9.58. The van der Waals surface area contributed by atoms with E-state index in [-0.39, 0.29) is 6.71 Å². The van der Waals surface area contributed by atoms with Crippen LogP contribution in [0.15, 0.2) is 109 Å². The van der Waals surface area contributed by atoms with Gasteiger partial charge < -0.3 is 9.64 Å². The predicted molar refractivity (Wildman–Crippen MR) is 147 cm³/mol. The zero-order valence-corrected chi connectivity index (χ0v) is 19.8. The van der Waals surface area contributed by atoms with E-state index in [2.05, 4.69) is 128 Å². The first kappa shape index (κ1) is 20.2. The minimum absolute atomic E-state index is 0.116. The highest BCUT2D eigenvalue weighted by Gasteiger charge is 2.41. The van der Waals surface area contributed by atoms with Crippen molar-refractivity contribution in [3.63, 3.8) is 0 Å². The molecule has 166 valence electrons.